The molecule has 13 heteroatoms. The summed E-state index contributed by atoms with van der Waals surface area (Å²) in [6.45, 7) is 3.80. The van der Waals surface area contributed by atoms with Gasteiger partial charge >= 0.3 is 16.4 Å². The molecule has 0 aliphatic carbocycles. The first-order valence-corrected chi connectivity index (χ1v) is 31.7. The average molecular weight is 1110 g/mol. The zero-order valence-electron chi connectivity index (χ0n) is 48.4. The maximum atomic E-state index is 13.0. The highest BCUT2D eigenvalue weighted by Crippen LogP contribution is 2.26. The third-order valence-electron chi connectivity index (χ3n) is 13.1. The first-order valence-electron chi connectivity index (χ1n) is 30.3. The third kappa shape index (κ3) is 46.3. The molecule has 1 fully saturated rings. The molecule has 0 amide bonds. The lowest BCUT2D eigenvalue weighted by molar-refractivity contribution is -0.301. The highest BCUT2D eigenvalue weighted by Gasteiger charge is 2.48. The van der Waals surface area contributed by atoms with Gasteiger partial charge in [-0.1, -0.05) is 225 Å². The topological polar surface area (TPSA) is 178 Å². The van der Waals surface area contributed by atoms with Crippen LogP contribution in [0.1, 0.15) is 219 Å². The van der Waals surface area contributed by atoms with E-state index in [-0.39, 0.29) is 19.6 Å². The molecule has 1 saturated heterocycles. The van der Waals surface area contributed by atoms with E-state index in [1.807, 2.05) is 0 Å². The van der Waals surface area contributed by atoms with Gasteiger partial charge in [0.25, 0.3) is 0 Å². The van der Waals surface area contributed by atoms with Crippen molar-refractivity contribution in [1.29, 1.82) is 0 Å². The number of unbranched alkanes of at least 4 members (excludes halogenated alkanes) is 19. The molecular weight excluding hydrogens is 1000 g/mol. The van der Waals surface area contributed by atoms with Crippen molar-refractivity contribution < 1.29 is 56.2 Å². The number of aliphatic hydroxyl groups excluding tert-OH is 3. The van der Waals surface area contributed by atoms with E-state index >= 15 is 0 Å². The van der Waals surface area contributed by atoms with E-state index in [0.717, 1.165) is 116 Å². The summed E-state index contributed by atoms with van der Waals surface area (Å²) in [6.07, 6.45) is 69.4. The minimum absolute atomic E-state index is 0.00877. The van der Waals surface area contributed by atoms with Crippen molar-refractivity contribution in [3.63, 3.8) is 0 Å². The van der Waals surface area contributed by atoms with Crippen LogP contribution in [0.4, 0.5) is 0 Å². The lowest BCUT2D eigenvalue weighted by Crippen LogP contribution is -2.60. The number of esters is 1. The van der Waals surface area contributed by atoms with E-state index in [0.29, 0.717) is 13.0 Å². The van der Waals surface area contributed by atoms with E-state index in [1.54, 1.807) is 0 Å². The van der Waals surface area contributed by atoms with E-state index in [2.05, 4.69) is 140 Å². The van der Waals surface area contributed by atoms with Gasteiger partial charge in [-0.25, -0.2) is 4.18 Å². The van der Waals surface area contributed by atoms with Crippen molar-refractivity contribution in [3.05, 3.63) is 122 Å². The predicted molar refractivity (Wildman–Crippen MR) is 321 cm³/mol. The Bertz CT molecular complexity index is 1810. The molecule has 4 N–H and O–H groups in total. The summed E-state index contributed by atoms with van der Waals surface area (Å²) in [5.41, 5.74) is 0. The van der Waals surface area contributed by atoms with Gasteiger partial charge in [0.05, 0.1) is 19.8 Å². The van der Waals surface area contributed by atoms with E-state index < -0.39 is 59.8 Å². The van der Waals surface area contributed by atoms with Crippen LogP contribution in [0.15, 0.2) is 122 Å². The second-order valence-electron chi connectivity index (χ2n) is 20.2. The van der Waals surface area contributed by atoms with E-state index in [4.69, 9.17) is 18.9 Å². The molecule has 0 spiro atoms. The summed E-state index contributed by atoms with van der Waals surface area (Å²) in [5.74, 6) is -0.416. The molecule has 1 heterocycles. The van der Waals surface area contributed by atoms with Crippen LogP contribution in [0.25, 0.3) is 0 Å². The van der Waals surface area contributed by atoms with Crippen LogP contribution in [-0.4, -0.2) is 97.5 Å². The molecule has 1 rings (SSSR count). The minimum atomic E-state index is -5.08. The molecule has 1 aliphatic heterocycles. The van der Waals surface area contributed by atoms with Crippen LogP contribution in [0, 0.1) is 0 Å². The Morgan fingerprint density at radius 3 is 1.29 bits per heavy atom. The molecule has 0 aromatic rings. The van der Waals surface area contributed by atoms with Gasteiger partial charge in [0.1, 0.15) is 30.5 Å². The van der Waals surface area contributed by atoms with Crippen molar-refractivity contribution in [2.75, 3.05) is 26.4 Å². The molecule has 1 aliphatic rings. The molecule has 12 nitrogen and oxygen atoms in total. The second-order valence-corrected chi connectivity index (χ2v) is 21.3. The Balaban J connectivity index is 2.33. The van der Waals surface area contributed by atoms with Crippen LogP contribution >= 0.6 is 0 Å². The van der Waals surface area contributed by atoms with Crippen LogP contribution in [0.5, 0.6) is 0 Å². The van der Waals surface area contributed by atoms with Gasteiger partial charge in [-0.05, 0) is 109 Å². The van der Waals surface area contributed by atoms with Gasteiger partial charge in [0, 0.05) is 13.0 Å². The summed E-state index contributed by atoms with van der Waals surface area (Å²) in [5, 5.41) is 30.9. The summed E-state index contributed by atoms with van der Waals surface area (Å²) < 4.78 is 59.5. The lowest BCUT2D eigenvalue weighted by Gasteiger charge is -2.41. The Labute approximate surface area is 474 Å². The fraction of sp³-hybridized carbons (Fsp3) is 0.677. The molecule has 0 radical (unpaired) electrons. The zero-order chi connectivity index (χ0) is 56.7. The average Bonchev–Trinajstić information content (AvgIpc) is 3.42. The maximum absolute atomic E-state index is 13.0. The van der Waals surface area contributed by atoms with Crippen molar-refractivity contribution >= 4 is 16.4 Å². The number of ether oxygens (including phenoxy) is 4. The quantitative estimate of drug-likeness (QED) is 0.0196. The van der Waals surface area contributed by atoms with Crippen LogP contribution in [0.3, 0.4) is 0 Å². The smallest absolute Gasteiger partial charge is 0.397 e. The molecule has 0 aromatic carbocycles. The van der Waals surface area contributed by atoms with Crippen LogP contribution in [-0.2, 0) is 38.3 Å². The highest BCUT2D eigenvalue weighted by atomic mass is 32.3. The summed E-state index contributed by atoms with van der Waals surface area (Å²) >= 11 is 0. The molecule has 0 bridgehead atoms. The number of allylic oxidation sites excluding steroid dienone is 20. The number of hydrogen-bond acceptors (Lipinski definition) is 11. The Kier molecular flexibility index (Phi) is 50.3. The lowest BCUT2D eigenvalue weighted by atomic mass is 9.99. The van der Waals surface area contributed by atoms with Crippen molar-refractivity contribution in [2.24, 2.45) is 0 Å². The molecular formula is C65H108O12S. The van der Waals surface area contributed by atoms with Crippen molar-refractivity contribution in [2.45, 2.75) is 256 Å². The zero-order valence-corrected chi connectivity index (χ0v) is 49.2. The van der Waals surface area contributed by atoms with Gasteiger partial charge in [0.2, 0.25) is 0 Å². The summed E-state index contributed by atoms with van der Waals surface area (Å²) in [6, 6.07) is 0. The predicted octanol–water partition coefficient (Wildman–Crippen LogP) is 15.6. The molecule has 6 atom stereocenters. The van der Waals surface area contributed by atoms with Gasteiger partial charge in [0.15, 0.2) is 6.29 Å². The fourth-order valence-corrected chi connectivity index (χ4v) is 9.05. The van der Waals surface area contributed by atoms with Crippen molar-refractivity contribution in [1.82, 2.24) is 0 Å². The number of rotatable bonds is 52. The van der Waals surface area contributed by atoms with E-state index in [1.165, 1.54) is 77.0 Å². The summed E-state index contributed by atoms with van der Waals surface area (Å²) in [4.78, 5) is 13.0. The minimum Gasteiger partial charge on any atom is -0.457 e. The first kappa shape index (κ1) is 72.5. The van der Waals surface area contributed by atoms with Gasteiger partial charge in [-0.15, -0.1) is 0 Å². The standard InChI is InChI=1S/C65H108O12S/c1-3-5-7-9-11-13-15-17-19-21-23-25-27-29-31-33-35-37-39-41-43-45-47-49-51-53-55-73-57-59(58-74-65-63(69)64(77-78(70,71)72)62(68)60(56-66)76-65)75-61(67)54-52-50-48-46-44-42-40-38-36-34-32-30-28-26-24-22-20-18-16-14-12-10-8-6-4-2/h5,7,11,13,16-19,22-25,28-31,35,37,41,43,59-60,62-66,68-69H,3-4,6,8-10,12,14-15,20-21,26-27,32-34,36,38-40,42,44-58H2,1-2H3,(H,70,71,72)/b7-5-,13-11-,18-16-,19-17-,24-22-,25-23-,30-28-,31-29-,37-35-,43-41-. The van der Waals surface area contributed by atoms with Gasteiger partial charge < -0.3 is 34.3 Å². The number of hydrogen-bond donors (Lipinski definition) is 4. The number of carbonyl (C=O) groups is 1. The maximum Gasteiger partial charge on any atom is 0.397 e. The normalized spacial score (nSPS) is 19.3. The monoisotopic (exact) mass is 1110 g/mol. The van der Waals surface area contributed by atoms with Crippen LogP contribution in [0.2, 0.25) is 0 Å². The number of carbonyl (C=O) groups excluding carboxylic acids is 1. The largest absolute Gasteiger partial charge is 0.457 e. The molecule has 0 saturated carbocycles. The molecule has 78 heavy (non-hydrogen) atoms. The SMILES string of the molecule is CC/C=C\C/C=C\C/C=C\C/C=C\C/C=C\C/C=C\C/C=C\CCCCCCOCC(COC1OC(CO)C(O)C(OS(=O)(=O)O)C1O)OC(=O)CCCCCCCCCCCC/C=C\C/C=C\C/C=C\CCCCCCC. The fourth-order valence-electron chi connectivity index (χ4n) is 8.54. The molecule has 0 aromatic heterocycles. The summed E-state index contributed by atoms with van der Waals surface area (Å²) in [7, 11) is -5.08. The second kappa shape index (κ2) is 54.1. The number of aliphatic hydroxyl groups is 3. The Hall–Kier alpha value is -3.50. The third-order valence-corrected chi connectivity index (χ3v) is 13.5. The Morgan fingerprint density at radius 1 is 0.500 bits per heavy atom. The Morgan fingerprint density at radius 2 is 0.885 bits per heavy atom. The van der Waals surface area contributed by atoms with Gasteiger partial charge in [-0.3, -0.25) is 9.35 Å². The van der Waals surface area contributed by atoms with Crippen molar-refractivity contribution in [3.8, 4) is 0 Å². The molecule has 6 unspecified atom stereocenters. The molecule has 446 valence electrons. The van der Waals surface area contributed by atoms with Gasteiger partial charge in [-0.2, -0.15) is 8.42 Å². The first-order chi connectivity index (χ1) is 38.1. The van der Waals surface area contributed by atoms with Crippen LogP contribution < -0.4 is 0 Å². The highest BCUT2D eigenvalue weighted by molar-refractivity contribution is 7.80. The van der Waals surface area contributed by atoms with E-state index in [9.17, 15) is 33.1 Å².